The molecule has 0 bridgehead atoms. The predicted molar refractivity (Wildman–Crippen MR) is 82.7 cm³/mol. The summed E-state index contributed by atoms with van der Waals surface area (Å²) in [7, 11) is 1.75. The van der Waals surface area contributed by atoms with E-state index in [1.807, 2.05) is 11.6 Å². The second-order valence-electron chi connectivity index (χ2n) is 5.95. The molecule has 0 saturated carbocycles. The van der Waals surface area contributed by atoms with Crippen molar-refractivity contribution in [2.45, 2.75) is 53.5 Å². The summed E-state index contributed by atoms with van der Waals surface area (Å²) in [6.07, 6.45) is 1.56. The van der Waals surface area contributed by atoms with E-state index in [9.17, 15) is 4.79 Å². The van der Waals surface area contributed by atoms with Crippen LogP contribution in [0.4, 0.5) is 0 Å². The number of hydrogen-bond donors (Lipinski definition) is 0. The third-order valence-corrected chi connectivity index (χ3v) is 3.64. The molecule has 1 aromatic heterocycles. The van der Waals surface area contributed by atoms with E-state index in [2.05, 4.69) is 31.9 Å². The number of carbonyl (C=O) groups is 1. The summed E-state index contributed by atoms with van der Waals surface area (Å²) in [6, 6.07) is 2.06. The molecule has 1 rings (SSSR count). The van der Waals surface area contributed by atoms with E-state index in [0.29, 0.717) is 31.7 Å². The zero-order chi connectivity index (χ0) is 16.0. The first-order valence-electron chi connectivity index (χ1n) is 7.50. The second-order valence-corrected chi connectivity index (χ2v) is 5.95. The molecule has 116 valence electrons. The van der Waals surface area contributed by atoms with E-state index in [1.165, 1.54) is 5.56 Å². The van der Waals surface area contributed by atoms with Crippen molar-refractivity contribution in [2.75, 3.05) is 13.6 Å². The fourth-order valence-electron chi connectivity index (χ4n) is 2.38. The van der Waals surface area contributed by atoms with Crippen LogP contribution in [0.5, 0.6) is 0 Å². The lowest BCUT2D eigenvalue weighted by Gasteiger charge is -2.15. The Bertz CT molecular complexity index is 525. The van der Waals surface area contributed by atoms with Crippen molar-refractivity contribution in [3.8, 4) is 6.07 Å². The molecule has 1 heterocycles. The van der Waals surface area contributed by atoms with E-state index in [-0.39, 0.29) is 5.91 Å². The van der Waals surface area contributed by atoms with Gasteiger partial charge >= 0.3 is 0 Å². The highest BCUT2D eigenvalue weighted by Gasteiger charge is 2.15. The maximum atomic E-state index is 12.0. The minimum Gasteiger partial charge on any atom is -0.345 e. The summed E-state index contributed by atoms with van der Waals surface area (Å²) >= 11 is 0. The van der Waals surface area contributed by atoms with E-state index in [0.717, 1.165) is 17.9 Å². The van der Waals surface area contributed by atoms with E-state index >= 15 is 0 Å². The third-order valence-electron chi connectivity index (χ3n) is 3.64. The minimum atomic E-state index is 0.0839. The van der Waals surface area contributed by atoms with Crippen LogP contribution in [0.25, 0.3) is 0 Å². The Hall–Kier alpha value is -1.83. The lowest BCUT2D eigenvalue weighted by molar-refractivity contribution is -0.129. The quantitative estimate of drug-likeness (QED) is 0.775. The average molecular weight is 290 g/mol. The number of nitriles is 1. The topological polar surface area (TPSA) is 61.9 Å². The van der Waals surface area contributed by atoms with Crippen molar-refractivity contribution in [3.63, 3.8) is 0 Å². The summed E-state index contributed by atoms with van der Waals surface area (Å²) in [5.74, 6) is 0.634. The molecule has 0 aliphatic carbocycles. The summed E-state index contributed by atoms with van der Waals surface area (Å²) in [5, 5.41) is 13.1. The van der Waals surface area contributed by atoms with Gasteiger partial charge in [-0.3, -0.25) is 9.48 Å². The van der Waals surface area contributed by atoms with Crippen LogP contribution in [0.15, 0.2) is 0 Å². The first-order chi connectivity index (χ1) is 9.86. The molecule has 0 radical (unpaired) electrons. The van der Waals surface area contributed by atoms with Gasteiger partial charge in [-0.2, -0.15) is 10.4 Å². The van der Waals surface area contributed by atoms with Crippen molar-refractivity contribution in [2.24, 2.45) is 5.92 Å². The molecule has 0 unspecified atom stereocenters. The molecular weight excluding hydrogens is 264 g/mol. The monoisotopic (exact) mass is 290 g/mol. The van der Waals surface area contributed by atoms with Gasteiger partial charge in [0.15, 0.2) is 0 Å². The summed E-state index contributed by atoms with van der Waals surface area (Å²) in [6.45, 7) is 9.82. The Morgan fingerprint density at radius 3 is 2.67 bits per heavy atom. The molecule has 0 fully saturated rings. The van der Waals surface area contributed by atoms with Crippen molar-refractivity contribution in [1.82, 2.24) is 14.7 Å². The van der Waals surface area contributed by atoms with Gasteiger partial charge in [0.05, 0.1) is 18.2 Å². The Morgan fingerprint density at radius 2 is 2.10 bits per heavy atom. The molecule has 1 aromatic rings. The highest BCUT2D eigenvalue weighted by molar-refractivity contribution is 5.76. The number of hydrogen-bond acceptors (Lipinski definition) is 3. The Labute approximate surface area is 127 Å². The van der Waals surface area contributed by atoms with Crippen LogP contribution in [0, 0.1) is 31.1 Å². The Kier molecular flexibility index (Phi) is 6.41. The molecule has 21 heavy (non-hydrogen) atoms. The molecule has 0 N–H and O–H groups in total. The first-order valence-corrected chi connectivity index (χ1v) is 7.50. The van der Waals surface area contributed by atoms with Crippen LogP contribution in [0.1, 0.15) is 43.6 Å². The summed E-state index contributed by atoms with van der Waals surface area (Å²) in [4.78, 5) is 13.7. The normalized spacial score (nSPS) is 10.7. The molecular formula is C16H26N4O. The largest absolute Gasteiger partial charge is 0.345 e. The molecule has 5 nitrogen and oxygen atoms in total. The standard InChI is InChI=1S/C16H26N4O/c1-12(2)11-20-14(4)15(13(3)18-20)7-8-16(21)19(5)10-6-9-17/h12H,6-8,10-11H2,1-5H3. The van der Waals surface area contributed by atoms with Crippen LogP contribution in [-0.4, -0.2) is 34.2 Å². The zero-order valence-corrected chi connectivity index (χ0v) is 13.8. The van der Waals surface area contributed by atoms with Gasteiger partial charge in [0.2, 0.25) is 5.91 Å². The molecule has 0 aromatic carbocycles. The first kappa shape index (κ1) is 17.2. The maximum absolute atomic E-state index is 12.0. The zero-order valence-electron chi connectivity index (χ0n) is 13.8. The van der Waals surface area contributed by atoms with Crippen molar-refractivity contribution < 1.29 is 4.79 Å². The minimum absolute atomic E-state index is 0.0839. The smallest absolute Gasteiger partial charge is 0.222 e. The molecule has 0 spiro atoms. The lowest BCUT2D eigenvalue weighted by Crippen LogP contribution is -2.27. The molecule has 0 atom stereocenters. The van der Waals surface area contributed by atoms with Crippen LogP contribution >= 0.6 is 0 Å². The number of aryl methyl sites for hydroxylation is 1. The van der Waals surface area contributed by atoms with E-state index in [4.69, 9.17) is 5.26 Å². The molecule has 5 heteroatoms. The molecule has 0 saturated heterocycles. The van der Waals surface area contributed by atoms with Gasteiger partial charge in [0, 0.05) is 32.3 Å². The maximum Gasteiger partial charge on any atom is 0.222 e. The third kappa shape index (κ3) is 4.89. The average Bonchev–Trinajstić information content (AvgIpc) is 2.67. The second kappa shape index (κ2) is 7.82. The van der Waals surface area contributed by atoms with E-state index < -0.39 is 0 Å². The number of carbonyl (C=O) groups excluding carboxylic acids is 1. The van der Waals surface area contributed by atoms with Gasteiger partial charge in [0.1, 0.15) is 0 Å². The lowest BCUT2D eigenvalue weighted by atomic mass is 10.1. The van der Waals surface area contributed by atoms with Gasteiger partial charge < -0.3 is 4.90 Å². The number of aromatic nitrogens is 2. The van der Waals surface area contributed by atoms with Gasteiger partial charge in [0.25, 0.3) is 0 Å². The number of rotatable bonds is 7. The SMILES string of the molecule is Cc1nn(CC(C)C)c(C)c1CCC(=O)N(C)CCC#N. The van der Waals surface area contributed by atoms with Crippen LogP contribution in [0.2, 0.25) is 0 Å². The van der Waals surface area contributed by atoms with Gasteiger partial charge in [-0.1, -0.05) is 13.8 Å². The molecule has 0 aliphatic heterocycles. The Balaban J connectivity index is 2.65. The highest BCUT2D eigenvalue weighted by Crippen LogP contribution is 2.17. The number of amides is 1. The van der Waals surface area contributed by atoms with Gasteiger partial charge in [-0.05, 0) is 31.7 Å². The number of nitrogens with zero attached hydrogens (tertiary/aromatic N) is 4. The van der Waals surface area contributed by atoms with Crippen LogP contribution in [0.3, 0.4) is 0 Å². The fraction of sp³-hybridized carbons (Fsp3) is 0.688. The van der Waals surface area contributed by atoms with Crippen LogP contribution < -0.4 is 0 Å². The predicted octanol–water partition coefficient (Wildman–Crippen LogP) is 2.46. The molecule has 0 aliphatic rings. The van der Waals surface area contributed by atoms with Gasteiger partial charge in [-0.15, -0.1) is 0 Å². The Morgan fingerprint density at radius 1 is 1.43 bits per heavy atom. The fourth-order valence-corrected chi connectivity index (χ4v) is 2.38. The van der Waals surface area contributed by atoms with Crippen molar-refractivity contribution >= 4 is 5.91 Å². The van der Waals surface area contributed by atoms with Crippen molar-refractivity contribution in [3.05, 3.63) is 17.0 Å². The van der Waals surface area contributed by atoms with Crippen LogP contribution in [-0.2, 0) is 17.8 Å². The van der Waals surface area contributed by atoms with E-state index in [1.54, 1.807) is 11.9 Å². The highest BCUT2D eigenvalue weighted by atomic mass is 16.2. The summed E-state index contributed by atoms with van der Waals surface area (Å²) in [5.41, 5.74) is 3.35. The van der Waals surface area contributed by atoms with Gasteiger partial charge in [-0.25, -0.2) is 0 Å². The van der Waals surface area contributed by atoms with Crippen molar-refractivity contribution in [1.29, 1.82) is 5.26 Å². The summed E-state index contributed by atoms with van der Waals surface area (Å²) < 4.78 is 2.04. The molecule has 1 amide bonds.